The third-order valence-corrected chi connectivity index (χ3v) is 6.51. The molecule has 4 rings (SSSR count). The number of carbonyl (C=O) groups excluding carboxylic acids is 3. The van der Waals surface area contributed by atoms with Crippen LogP contribution in [0.15, 0.2) is 36.4 Å². The van der Waals surface area contributed by atoms with Crippen molar-refractivity contribution in [2.24, 2.45) is 0 Å². The van der Waals surface area contributed by atoms with Gasteiger partial charge in [0.05, 0.1) is 19.7 Å². The van der Waals surface area contributed by atoms with Crippen molar-refractivity contribution in [3.63, 3.8) is 0 Å². The van der Waals surface area contributed by atoms with Gasteiger partial charge < -0.3 is 24.9 Å². The summed E-state index contributed by atoms with van der Waals surface area (Å²) in [5.41, 5.74) is 1.74. The quantitative estimate of drug-likeness (QED) is 0.408. The molecule has 12 nitrogen and oxygen atoms in total. The molecule has 1 aromatic carbocycles. The number of nitrogens with zero attached hydrogens (tertiary/aromatic N) is 4. The molecule has 39 heavy (non-hydrogen) atoms. The topological polar surface area (TPSA) is 151 Å². The highest BCUT2D eigenvalue weighted by molar-refractivity contribution is 5.96. The van der Waals surface area contributed by atoms with Crippen LogP contribution in [-0.4, -0.2) is 87.8 Å². The predicted octanol–water partition coefficient (Wildman–Crippen LogP) is 2.61. The van der Waals surface area contributed by atoms with E-state index >= 15 is 0 Å². The molecule has 2 N–H and O–H groups in total. The van der Waals surface area contributed by atoms with Crippen LogP contribution in [-0.2, 0) is 19.2 Å². The van der Waals surface area contributed by atoms with Crippen molar-refractivity contribution in [2.45, 2.75) is 51.0 Å². The zero-order valence-electron chi connectivity index (χ0n) is 21.9. The van der Waals surface area contributed by atoms with Crippen LogP contribution in [0.2, 0.25) is 0 Å². The lowest BCUT2D eigenvalue weighted by Gasteiger charge is -2.35. The van der Waals surface area contributed by atoms with Gasteiger partial charge >= 0.3 is 12.1 Å². The van der Waals surface area contributed by atoms with E-state index < -0.39 is 24.1 Å². The minimum Gasteiger partial charge on any atom is -0.481 e. The molecule has 1 atom stereocenters. The number of carboxylic acid groups (broad SMARTS) is 1. The van der Waals surface area contributed by atoms with Crippen molar-refractivity contribution in [3.05, 3.63) is 47.8 Å². The number of hydrogen-bond acceptors (Lipinski definition) is 9. The van der Waals surface area contributed by atoms with Crippen LogP contribution >= 0.6 is 0 Å². The van der Waals surface area contributed by atoms with Gasteiger partial charge in [-0.1, -0.05) is 30.3 Å². The number of ether oxygens (including phenoxy) is 1. The van der Waals surface area contributed by atoms with Crippen LogP contribution in [0.3, 0.4) is 0 Å². The number of hydroxylamine groups is 2. The minimum atomic E-state index is -0.977. The molecule has 2 amide bonds. The van der Waals surface area contributed by atoms with Gasteiger partial charge in [-0.25, -0.2) is 14.8 Å². The molecule has 2 aliphatic rings. The van der Waals surface area contributed by atoms with Gasteiger partial charge in [0, 0.05) is 36.7 Å². The van der Waals surface area contributed by atoms with Crippen molar-refractivity contribution in [3.8, 4) is 11.4 Å². The van der Waals surface area contributed by atoms with E-state index in [-0.39, 0.29) is 69.6 Å². The molecule has 2 fully saturated rings. The van der Waals surface area contributed by atoms with Crippen LogP contribution in [0.5, 0.6) is 0 Å². The number of aromatic nitrogens is 2. The van der Waals surface area contributed by atoms with E-state index in [4.69, 9.17) is 14.7 Å². The Morgan fingerprint density at radius 2 is 1.79 bits per heavy atom. The van der Waals surface area contributed by atoms with Gasteiger partial charge in [-0.15, -0.1) is 5.06 Å². The molecule has 1 saturated heterocycles. The summed E-state index contributed by atoms with van der Waals surface area (Å²) >= 11 is 0. The summed E-state index contributed by atoms with van der Waals surface area (Å²) in [5, 5.41) is 13.3. The second-order valence-corrected chi connectivity index (χ2v) is 9.48. The molecule has 12 heteroatoms. The van der Waals surface area contributed by atoms with Crippen molar-refractivity contribution in [1.82, 2.24) is 25.2 Å². The number of hydrogen-bond donors (Lipinski definition) is 2. The van der Waals surface area contributed by atoms with Crippen LogP contribution in [0, 0.1) is 0 Å². The Kier molecular flexibility index (Phi) is 9.42. The fourth-order valence-corrected chi connectivity index (χ4v) is 4.30. The highest BCUT2D eigenvalue weighted by atomic mass is 16.8. The first-order valence-corrected chi connectivity index (χ1v) is 13.2. The molecule has 1 aliphatic carbocycles. The summed E-state index contributed by atoms with van der Waals surface area (Å²) in [5.74, 6) is -1.10. The first-order chi connectivity index (χ1) is 18.8. The second kappa shape index (κ2) is 13.1. The average Bonchev–Trinajstić information content (AvgIpc) is 3.78. The van der Waals surface area contributed by atoms with Gasteiger partial charge in [-0.05, 0) is 38.7 Å². The Bertz CT molecular complexity index is 1180. The van der Waals surface area contributed by atoms with Crippen molar-refractivity contribution in [1.29, 1.82) is 0 Å². The molecule has 0 radical (unpaired) electrons. The van der Waals surface area contributed by atoms with Crippen LogP contribution < -0.4 is 5.32 Å². The average molecular weight is 540 g/mol. The molecule has 1 aliphatic heterocycles. The maximum absolute atomic E-state index is 13.4. The summed E-state index contributed by atoms with van der Waals surface area (Å²) < 4.78 is 4.78. The number of benzene rings is 1. The van der Waals surface area contributed by atoms with Crippen molar-refractivity contribution < 1.29 is 33.9 Å². The predicted molar refractivity (Wildman–Crippen MR) is 138 cm³/mol. The van der Waals surface area contributed by atoms with Gasteiger partial charge in [-0.3, -0.25) is 14.4 Å². The van der Waals surface area contributed by atoms with Gasteiger partial charge in [0.1, 0.15) is 11.7 Å². The van der Waals surface area contributed by atoms with E-state index in [0.29, 0.717) is 5.82 Å². The Hall–Kier alpha value is -4.06. The SMILES string of the molecule is CCOC(=O)ON1CCN(C(=O)[C@H](CCCC(=O)O)NC(=O)c2cc(C3CC3)nc(-c3ccccc3)n2)CC1. The fourth-order valence-electron chi connectivity index (χ4n) is 4.30. The zero-order chi connectivity index (χ0) is 27.8. The molecule has 1 saturated carbocycles. The minimum absolute atomic E-state index is 0.127. The second-order valence-electron chi connectivity index (χ2n) is 9.48. The van der Waals surface area contributed by atoms with E-state index in [2.05, 4.69) is 15.3 Å². The van der Waals surface area contributed by atoms with Gasteiger partial charge in [-0.2, -0.15) is 0 Å². The van der Waals surface area contributed by atoms with E-state index in [1.165, 1.54) is 5.06 Å². The van der Waals surface area contributed by atoms with Gasteiger partial charge in [0.25, 0.3) is 5.91 Å². The lowest BCUT2D eigenvalue weighted by atomic mass is 10.1. The number of carbonyl (C=O) groups is 4. The van der Waals surface area contributed by atoms with Gasteiger partial charge in [0.2, 0.25) is 5.91 Å². The van der Waals surface area contributed by atoms with Crippen LogP contribution in [0.1, 0.15) is 61.1 Å². The van der Waals surface area contributed by atoms with E-state index in [1.807, 2.05) is 30.3 Å². The number of carboxylic acids is 1. The van der Waals surface area contributed by atoms with Crippen LogP contribution in [0.25, 0.3) is 11.4 Å². The van der Waals surface area contributed by atoms with Gasteiger partial charge in [0.15, 0.2) is 5.82 Å². The monoisotopic (exact) mass is 539 g/mol. The van der Waals surface area contributed by atoms with E-state index in [9.17, 15) is 19.2 Å². The molecular formula is C27H33N5O7. The summed E-state index contributed by atoms with van der Waals surface area (Å²) in [7, 11) is 0. The first-order valence-electron chi connectivity index (χ1n) is 13.2. The number of rotatable bonds is 11. The summed E-state index contributed by atoms with van der Waals surface area (Å²) in [6.07, 6.45) is 1.43. The standard InChI is InChI=1S/C27H33N5O7/c1-2-38-27(37)39-32-15-13-31(14-16-32)26(36)20(9-6-10-23(33)34)30-25(35)22-17-21(18-11-12-18)28-24(29-22)19-7-4-3-5-8-19/h3-5,7-8,17-18,20H,2,6,9-16H2,1H3,(H,30,35)(H,33,34)/t20-/m0/s1. The Morgan fingerprint density at radius 1 is 1.08 bits per heavy atom. The van der Waals surface area contributed by atoms with Crippen molar-refractivity contribution >= 4 is 23.9 Å². The third kappa shape index (κ3) is 7.96. The largest absolute Gasteiger partial charge is 0.527 e. The zero-order valence-corrected chi connectivity index (χ0v) is 21.9. The van der Waals surface area contributed by atoms with Crippen molar-refractivity contribution in [2.75, 3.05) is 32.8 Å². The van der Waals surface area contributed by atoms with E-state index in [1.54, 1.807) is 17.9 Å². The molecule has 0 spiro atoms. The number of piperazine rings is 1. The molecule has 208 valence electrons. The lowest BCUT2D eigenvalue weighted by Crippen LogP contribution is -2.55. The van der Waals surface area contributed by atoms with Crippen LogP contribution in [0.4, 0.5) is 4.79 Å². The van der Waals surface area contributed by atoms with E-state index in [0.717, 1.165) is 24.1 Å². The first kappa shape index (κ1) is 28.0. The summed E-state index contributed by atoms with van der Waals surface area (Å²) in [6.45, 7) is 2.95. The molecule has 0 unspecified atom stereocenters. The Balaban J connectivity index is 1.47. The highest BCUT2D eigenvalue weighted by Crippen LogP contribution is 2.39. The molecule has 2 heterocycles. The molecular weight excluding hydrogens is 506 g/mol. The normalized spacial score (nSPS) is 16.3. The Morgan fingerprint density at radius 3 is 2.44 bits per heavy atom. The third-order valence-electron chi connectivity index (χ3n) is 6.51. The summed E-state index contributed by atoms with van der Waals surface area (Å²) in [4.78, 5) is 65.3. The Labute approximate surface area is 226 Å². The number of aliphatic carboxylic acids is 1. The molecule has 0 bridgehead atoms. The summed E-state index contributed by atoms with van der Waals surface area (Å²) in [6, 6.07) is 10.1. The fraction of sp³-hybridized carbons (Fsp3) is 0.481. The molecule has 2 aromatic rings. The molecule has 1 aromatic heterocycles. The lowest BCUT2D eigenvalue weighted by molar-refractivity contribution is -0.157. The number of nitrogens with one attached hydrogen (secondary N) is 1. The maximum atomic E-state index is 13.4. The smallest absolute Gasteiger partial charge is 0.481 e. The maximum Gasteiger partial charge on any atom is 0.527 e. The number of amides is 2. The highest BCUT2D eigenvalue weighted by Gasteiger charge is 2.32.